The van der Waals surface area contributed by atoms with Gasteiger partial charge in [-0.05, 0) is 92.6 Å². The Balaban J connectivity index is 1.33. The van der Waals surface area contributed by atoms with Gasteiger partial charge in [0.1, 0.15) is 6.10 Å². The van der Waals surface area contributed by atoms with E-state index in [4.69, 9.17) is 4.74 Å². The average molecular weight is 405 g/mol. The molecule has 1 aromatic carbocycles. The lowest BCUT2D eigenvalue weighted by atomic mass is 9.48. The lowest BCUT2D eigenvalue weighted by Gasteiger charge is -2.57. The monoisotopic (exact) mass is 404 g/mol. The fourth-order valence-electron chi connectivity index (χ4n) is 7.84. The molecule has 0 amide bonds. The molecule has 0 N–H and O–H groups in total. The molecule has 160 valence electrons. The van der Waals surface area contributed by atoms with Crippen LogP contribution in [0.2, 0.25) is 0 Å². The van der Waals surface area contributed by atoms with Gasteiger partial charge in [0, 0.05) is 6.42 Å². The highest BCUT2D eigenvalue weighted by molar-refractivity contribution is 5.89. The second-order valence-corrected chi connectivity index (χ2v) is 10.7. The minimum atomic E-state index is -0.170. The number of ether oxygens (including phenoxy) is 1. The molecule has 0 aromatic heterocycles. The molecule has 30 heavy (non-hydrogen) atoms. The molecule has 3 fully saturated rings. The summed E-state index contributed by atoms with van der Waals surface area (Å²) in [5.74, 6) is 2.32. The van der Waals surface area contributed by atoms with Crippen molar-refractivity contribution in [3.63, 3.8) is 0 Å². The van der Waals surface area contributed by atoms with Crippen LogP contribution in [0.25, 0.3) is 0 Å². The Morgan fingerprint density at radius 2 is 1.77 bits per heavy atom. The van der Waals surface area contributed by atoms with Crippen LogP contribution in [0.1, 0.15) is 82.5 Å². The van der Waals surface area contributed by atoms with Gasteiger partial charge in [0.25, 0.3) is 0 Å². The van der Waals surface area contributed by atoms with E-state index in [1.54, 1.807) is 11.1 Å². The lowest BCUT2D eigenvalue weighted by molar-refractivity contribution is -0.0330. The van der Waals surface area contributed by atoms with Gasteiger partial charge in [0.15, 0.2) is 0 Å². The second kappa shape index (κ2) is 7.39. The normalized spacial score (nSPS) is 41.4. The third-order valence-corrected chi connectivity index (χ3v) is 9.54. The van der Waals surface area contributed by atoms with Gasteiger partial charge in [-0.2, -0.15) is 0 Å². The molecule has 0 heterocycles. The van der Waals surface area contributed by atoms with E-state index in [1.165, 1.54) is 32.1 Å². The number of hydrogen-bond donors (Lipinski definition) is 0. The van der Waals surface area contributed by atoms with Gasteiger partial charge in [0.05, 0.1) is 5.56 Å². The number of allylic oxidation sites excluding steroid dienone is 3. The van der Waals surface area contributed by atoms with Crippen LogP contribution < -0.4 is 0 Å². The third kappa shape index (κ3) is 3.01. The van der Waals surface area contributed by atoms with E-state index in [-0.39, 0.29) is 12.1 Å². The van der Waals surface area contributed by atoms with Crippen molar-refractivity contribution in [3.8, 4) is 0 Å². The maximum absolute atomic E-state index is 12.6. The lowest BCUT2D eigenvalue weighted by Crippen LogP contribution is -2.49. The molecule has 2 heteroatoms. The number of rotatable bonds is 2. The topological polar surface area (TPSA) is 26.3 Å². The summed E-state index contributed by atoms with van der Waals surface area (Å²) in [7, 11) is 0. The minimum absolute atomic E-state index is 0.0311. The van der Waals surface area contributed by atoms with Crippen molar-refractivity contribution >= 4 is 5.97 Å². The molecule has 4 aliphatic carbocycles. The number of esters is 1. The fourth-order valence-corrected chi connectivity index (χ4v) is 7.84. The summed E-state index contributed by atoms with van der Waals surface area (Å²) in [6, 6.07) is 9.43. The van der Waals surface area contributed by atoms with Crippen molar-refractivity contribution in [1.29, 1.82) is 0 Å². The van der Waals surface area contributed by atoms with Crippen LogP contribution in [-0.2, 0) is 4.74 Å². The Morgan fingerprint density at radius 1 is 1.03 bits per heavy atom. The summed E-state index contributed by atoms with van der Waals surface area (Å²) in [6.07, 6.45) is 14.7. The minimum Gasteiger partial charge on any atom is -0.458 e. The van der Waals surface area contributed by atoms with Crippen LogP contribution in [0.5, 0.6) is 0 Å². The van der Waals surface area contributed by atoms with E-state index in [2.05, 4.69) is 32.9 Å². The van der Waals surface area contributed by atoms with Crippen LogP contribution in [0.3, 0.4) is 0 Å². The number of fused-ring (bicyclic) bond motifs is 5. The number of carbonyl (C=O) groups is 1. The average Bonchev–Trinajstić information content (AvgIpc) is 3.11. The van der Waals surface area contributed by atoms with E-state index in [0.717, 1.165) is 37.0 Å². The number of carbonyl (C=O) groups excluding carboxylic acids is 1. The van der Waals surface area contributed by atoms with Crippen LogP contribution in [-0.4, -0.2) is 12.1 Å². The van der Waals surface area contributed by atoms with E-state index in [0.29, 0.717) is 16.4 Å². The predicted molar refractivity (Wildman–Crippen MR) is 121 cm³/mol. The zero-order valence-electron chi connectivity index (χ0n) is 18.8. The molecule has 2 nitrogen and oxygen atoms in total. The van der Waals surface area contributed by atoms with E-state index in [1.807, 2.05) is 30.3 Å². The highest BCUT2D eigenvalue weighted by Gasteiger charge is 2.57. The first-order valence-corrected chi connectivity index (χ1v) is 12.1. The molecule has 0 saturated heterocycles. The molecule has 0 spiro atoms. The number of hydrogen-bond acceptors (Lipinski definition) is 2. The highest BCUT2D eigenvalue weighted by atomic mass is 16.5. The van der Waals surface area contributed by atoms with Gasteiger partial charge >= 0.3 is 5.97 Å². The first-order valence-electron chi connectivity index (χ1n) is 12.1. The van der Waals surface area contributed by atoms with Crippen molar-refractivity contribution in [2.45, 2.75) is 78.2 Å². The van der Waals surface area contributed by atoms with Crippen molar-refractivity contribution in [2.24, 2.45) is 28.6 Å². The molecule has 3 saturated carbocycles. The molecule has 5 rings (SSSR count). The summed E-state index contributed by atoms with van der Waals surface area (Å²) in [5.41, 5.74) is 4.71. The van der Waals surface area contributed by atoms with Crippen LogP contribution in [0.15, 0.2) is 53.6 Å². The van der Waals surface area contributed by atoms with Crippen molar-refractivity contribution < 1.29 is 9.53 Å². The van der Waals surface area contributed by atoms with E-state index < -0.39 is 0 Å². The summed E-state index contributed by atoms with van der Waals surface area (Å²) < 4.78 is 5.93. The molecule has 0 bridgehead atoms. The van der Waals surface area contributed by atoms with E-state index >= 15 is 0 Å². The van der Waals surface area contributed by atoms with Crippen molar-refractivity contribution in [2.75, 3.05) is 0 Å². The van der Waals surface area contributed by atoms with Gasteiger partial charge in [-0.1, -0.05) is 55.3 Å². The quantitative estimate of drug-likeness (QED) is 0.387. The van der Waals surface area contributed by atoms with Crippen molar-refractivity contribution in [3.05, 3.63) is 59.2 Å². The van der Waals surface area contributed by atoms with Gasteiger partial charge < -0.3 is 4.74 Å². The zero-order valence-corrected chi connectivity index (χ0v) is 18.8. The smallest absolute Gasteiger partial charge is 0.338 e. The standard InChI is InChI=1S/C28H36O2/c1-4-20-11-13-24-23-12-10-21-18-22(30-26(29)19-8-6-5-7-9-19)14-16-28(21,3)25(23)15-17-27(20,24)2/h4-10,22-25H,11-18H2,1-3H3/t22-,23-,24-,25-,27+,28-/m0/s1. The van der Waals surface area contributed by atoms with Gasteiger partial charge in [-0.25, -0.2) is 4.79 Å². The summed E-state index contributed by atoms with van der Waals surface area (Å²) in [6.45, 7) is 7.32. The van der Waals surface area contributed by atoms with E-state index in [9.17, 15) is 4.79 Å². The largest absolute Gasteiger partial charge is 0.458 e. The zero-order chi connectivity index (χ0) is 20.9. The Kier molecular flexibility index (Phi) is 4.95. The molecule has 4 aliphatic rings. The predicted octanol–water partition coefficient (Wildman–Crippen LogP) is 7.12. The first-order chi connectivity index (χ1) is 14.5. The molecule has 1 aromatic rings. The van der Waals surface area contributed by atoms with Crippen LogP contribution >= 0.6 is 0 Å². The fraction of sp³-hybridized carbons (Fsp3) is 0.607. The van der Waals surface area contributed by atoms with Crippen LogP contribution in [0, 0.1) is 28.6 Å². The third-order valence-electron chi connectivity index (χ3n) is 9.54. The molecular formula is C28H36O2. The summed E-state index contributed by atoms with van der Waals surface area (Å²) in [4.78, 5) is 12.6. The van der Waals surface area contributed by atoms with Crippen molar-refractivity contribution in [1.82, 2.24) is 0 Å². The molecule has 6 atom stereocenters. The highest BCUT2D eigenvalue weighted by Crippen LogP contribution is 2.66. The Labute approximate surface area is 181 Å². The number of benzene rings is 1. The Bertz CT molecular complexity index is 881. The van der Waals surface area contributed by atoms with Gasteiger partial charge in [0.2, 0.25) is 0 Å². The summed E-state index contributed by atoms with van der Waals surface area (Å²) >= 11 is 0. The molecule has 0 radical (unpaired) electrons. The Hall–Kier alpha value is -1.83. The Morgan fingerprint density at radius 3 is 2.53 bits per heavy atom. The molecular weight excluding hydrogens is 368 g/mol. The molecule has 0 aliphatic heterocycles. The SMILES string of the molecule is CC=C1CC[C@H]2[C@@H]3CC=C4C[C@@H](OC(=O)c5ccccc5)CC[C@]4(C)[C@H]3CC[C@]12C. The second-order valence-electron chi connectivity index (χ2n) is 10.7. The van der Waals surface area contributed by atoms with Crippen LogP contribution in [0.4, 0.5) is 0 Å². The summed E-state index contributed by atoms with van der Waals surface area (Å²) in [5, 5.41) is 0. The molecule has 0 unspecified atom stereocenters. The maximum Gasteiger partial charge on any atom is 0.338 e. The van der Waals surface area contributed by atoms with Gasteiger partial charge in [-0.15, -0.1) is 0 Å². The first kappa shape index (κ1) is 20.1. The van der Waals surface area contributed by atoms with Gasteiger partial charge in [-0.3, -0.25) is 0 Å². The maximum atomic E-state index is 12.6.